The summed E-state index contributed by atoms with van der Waals surface area (Å²) in [6.07, 6.45) is 0.641. The second-order valence-corrected chi connectivity index (χ2v) is 3.81. The molecule has 0 aromatic heterocycles. The number of ether oxygens (including phenoxy) is 3. The van der Waals surface area contributed by atoms with Crippen LogP contribution < -0.4 is 0 Å². The van der Waals surface area contributed by atoms with Crippen molar-refractivity contribution >= 4 is 5.97 Å². The van der Waals surface area contributed by atoms with E-state index in [0.717, 1.165) is 6.42 Å². The molecule has 4 nitrogen and oxygen atoms in total. The molecule has 2 aliphatic heterocycles. The van der Waals surface area contributed by atoms with Gasteiger partial charge < -0.3 is 14.2 Å². The van der Waals surface area contributed by atoms with Gasteiger partial charge in [-0.1, -0.05) is 0 Å². The van der Waals surface area contributed by atoms with Crippen molar-refractivity contribution < 1.29 is 19.0 Å². The van der Waals surface area contributed by atoms with Crippen LogP contribution in [0.2, 0.25) is 0 Å². The number of carbonyl (C=O) groups excluding carboxylic acids is 1. The quantitative estimate of drug-likeness (QED) is 0.622. The first kappa shape index (κ1) is 9.93. The first-order valence-electron chi connectivity index (χ1n) is 5.17. The highest BCUT2D eigenvalue weighted by Crippen LogP contribution is 2.40. The predicted molar refractivity (Wildman–Crippen MR) is 48.5 cm³/mol. The molecule has 0 aliphatic carbocycles. The normalized spacial score (nSPS) is 41.0. The second-order valence-electron chi connectivity index (χ2n) is 3.81. The summed E-state index contributed by atoms with van der Waals surface area (Å²) in [6.45, 7) is 4.85. The maximum Gasteiger partial charge on any atom is 0.312 e. The van der Waals surface area contributed by atoms with Crippen molar-refractivity contribution in [1.29, 1.82) is 0 Å². The molecule has 80 valence electrons. The Labute approximate surface area is 83.5 Å². The third-order valence-electron chi connectivity index (χ3n) is 2.96. The topological polar surface area (TPSA) is 44.8 Å². The van der Waals surface area contributed by atoms with Gasteiger partial charge in [-0.2, -0.15) is 0 Å². The minimum absolute atomic E-state index is 0.0793. The lowest BCUT2D eigenvalue weighted by atomic mass is 9.89. The van der Waals surface area contributed by atoms with Crippen LogP contribution in [0.5, 0.6) is 0 Å². The van der Waals surface area contributed by atoms with Gasteiger partial charge in [0.25, 0.3) is 0 Å². The number of hydrogen-bond donors (Lipinski definition) is 0. The Bertz CT molecular complexity index is 228. The fraction of sp³-hybridized carbons (Fsp3) is 0.900. The molecule has 14 heavy (non-hydrogen) atoms. The first-order valence-corrected chi connectivity index (χ1v) is 5.17. The largest absolute Gasteiger partial charge is 0.466 e. The van der Waals surface area contributed by atoms with Gasteiger partial charge >= 0.3 is 5.97 Å². The van der Waals surface area contributed by atoms with E-state index in [4.69, 9.17) is 14.2 Å². The number of hydrogen-bond acceptors (Lipinski definition) is 4. The Balaban J connectivity index is 2.05. The highest BCUT2D eigenvalue weighted by Gasteiger charge is 2.50. The van der Waals surface area contributed by atoms with Gasteiger partial charge in [-0.15, -0.1) is 0 Å². The maximum atomic E-state index is 11.6. The Morgan fingerprint density at radius 2 is 2.36 bits per heavy atom. The van der Waals surface area contributed by atoms with E-state index >= 15 is 0 Å². The summed E-state index contributed by atoms with van der Waals surface area (Å²) in [4.78, 5) is 11.6. The van der Waals surface area contributed by atoms with E-state index in [0.29, 0.717) is 13.2 Å². The lowest BCUT2D eigenvalue weighted by Crippen LogP contribution is -2.29. The third kappa shape index (κ3) is 1.53. The zero-order valence-corrected chi connectivity index (χ0v) is 8.56. The lowest BCUT2D eigenvalue weighted by Gasteiger charge is -2.16. The zero-order chi connectivity index (χ0) is 10.1. The van der Waals surface area contributed by atoms with Gasteiger partial charge in [0.1, 0.15) is 0 Å². The van der Waals surface area contributed by atoms with Crippen LogP contribution in [0.25, 0.3) is 0 Å². The summed E-state index contributed by atoms with van der Waals surface area (Å²) < 4.78 is 15.9. The molecule has 2 rings (SSSR count). The molecule has 0 spiro atoms. The molecular weight excluding hydrogens is 184 g/mol. The number of esters is 1. The van der Waals surface area contributed by atoms with Gasteiger partial charge in [-0.3, -0.25) is 4.79 Å². The van der Waals surface area contributed by atoms with Crippen molar-refractivity contribution in [3.8, 4) is 0 Å². The smallest absolute Gasteiger partial charge is 0.312 e. The molecule has 2 saturated heterocycles. The summed E-state index contributed by atoms with van der Waals surface area (Å²) in [5.41, 5.74) is 0. The summed E-state index contributed by atoms with van der Waals surface area (Å²) in [5, 5.41) is 0. The Hall–Kier alpha value is -0.610. The molecule has 0 aromatic carbocycles. The van der Waals surface area contributed by atoms with E-state index < -0.39 is 0 Å². The molecule has 2 heterocycles. The monoisotopic (exact) mass is 200 g/mol. The molecule has 0 bridgehead atoms. The number of carbonyl (C=O) groups is 1. The Kier molecular flexibility index (Phi) is 2.74. The zero-order valence-electron chi connectivity index (χ0n) is 8.56. The summed E-state index contributed by atoms with van der Waals surface area (Å²) in [5.74, 6) is -0.0792. The van der Waals surface area contributed by atoms with Crippen LogP contribution in [0.1, 0.15) is 20.3 Å². The van der Waals surface area contributed by atoms with Crippen LogP contribution in [0, 0.1) is 11.8 Å². The summed E-state index contributed by atoms with van der Waals surface area (Å²) in [7, 11) is 0. The third-order valence-corrected chi connectivity index (χ3v) is 2.96. The molecular formula is C10H16O4. The van der Waals surface area contributed by atoms with Crippen LogP contribution in [-0.4, -0.2) is 31.6 Å². The van der Waals surface area contributed by atoms with E-state index in [2.05, 4.69) is 0 Å². The minimum Gasteiger partial charge on any atom is -0.466 e. The van der Waals surface area contributed by atoms with E-state index in [1.54, 1.807) is 0 Å². The molecule has 4 heteroatoms. The lowest BCUT2D eigenvalue weighted by molar-refractivity contribution is -0.151. The molecule has 4 atom stereocenters. The molecule has 0 N–H and O–H groups in total. The van der Waals surface area contributed by atoms with Crippen LogP contribution in [0.15, 0.2) is 0 Å². The molecule has 2 fully saturated rings. The standard InChI is InChI=1S/C10H16O4/c1-3-12-9(11)8-6(2)14-10-7(8)4-5-13-10/h6-8,10H,3-5H2,1-2H3. The van der Waals surface area contributed by atoms with Gasteiger partial charge in [-0.25, -0.2) is 0 Å². The van der Waals surface area contributed by atoms with Gasteiger partial charge in [0.05, 0.1) is 25.2 Å². The van der Waals surface area contributed by atoms with Crippen LogP contribution in [-0.2, 0) is 19.0 Å². The molecule has 0 saturated carbocycles. The number of rotatable bonds is 2. The fourth-order valence-corrected chi connectivity index (χ4v) is 2.32. The van der Waals surface area contributed by atoms with E-state index in [1.807, 2.05) is 13.8 Å². The summed E-state index contributed by atoms with van der Waals surface area (Å²) in [6, 6.07) is 0. The highest BCUT2D eigenvalue weighted by atomic mass is 16.7. The van der Waals surface area contributed by atoms with E-state index in [-0.39, 0.29) is 30.2 Å². The number of fused-ring (bicyclic) bond motifs is 1. The second kappa shape index (κ2) is 3.87. The average Bonchev–Trinajstić information content (AvgIpc) is 2.63. The van der Waals surface area contributed by atoms with Gasteiger partial charge in [-0.05, 0) is 20.3 Å². The molecule has 0 amide bonds. The predicted octanol–water partition coefficient (Wildman–Crippen LogP) is 0.947. The van der Waals surface area contributed by atoms with Crippen molar-refractivity contribution in [3.05, 3.63) is 0 Å². The average molecular weight is 200 g/mol. The molecule has 0 radical (unpaired) electrons. The summed E-state index contributed by atoms with van der Waals surface area (Å²) >= 11 is 0. The minimum atomic E-state index is -0.181. The van der Waals surface area contributed by atoms with Crippen molar-refractivity contribution in [3.63, 3.8) is 0 Å². The SMILES string of the molecule is CCOC(=O)C1C(C)OC2OCCC21. The van der Waals surface area contributed by atoms with Crippen molar-refractivity contribution in [2.75, 3.05) is 13.2 Å². The van der Waals surface area contributed by atoms with Crippen LogP contribution in [0.4, 0.5) is 0 Å². The van der Waals surface area contributed by atoms with E-state index in [9.17, 15) is 4.79 Å². The van der Waals surface area contributed by atoms with Gasteiger partial charge in [0, 0.05) is 5.92 Å². The van der Waals surface area contributed by atoms with Crippen molar-refractivity contribution in [2.24, 2.45) is 11.8 Å². The van der Waals surface area contributed by atoms with Gasteiger partial charge in [0.15, 0.2) is 6.29 Å². The van der Waals surface area contributed by atoms with Crippen LogP contribution >= 0.6 is 0 Å². The van der Waals surface area contributed by atoms with Crippen molar-refractivity contribution in [1.82, 2.24) is 0 Å². The first-order chi connectivity index (χ1) is 6.74. The Morgan fingerprint density at radius 1 is 1.57 bits per heavy atom. The molecule has 0 aromatic rings. The van der Waals surface area contributed by atoms with Crippen molar-refractivity contribution in [2.45, 2.75) is 32.7 Å². The maximum absolute atomic E-state index is 11.6. The highest BCUT2D eigenvalue weighted by molar-refractivity contribution is 5.74. The fourth-order valence-electron chi connectivity index (χ4n) is 2.32. The Morgan fingerprint density at radius 3 is 3.07 bits per heavy atom. The van der Waals surface area contributed by atoms with Gasteiger partial charge in [0.2, 0.25) is 0 Å². The molecule has 2 aliphatic rings. The van der Waals surface area contributed by atoms with E-state index in [1.165, 1.54) is 0 Å². The molecule has 4 unspecified atom stereocenters. The van der Waals surface area contributed by atoms with Crippen LogP contribution in [0.3, 0.4) is 0 Å².